The molecule has 15 nitrogen and oxygen atoms in total. The number of fused-ring (bicyclic) bond motifs is 1. The number of carbonyl (C=O) groups is 2. The highest BCUT2D eigenvalue weighted by Crippen LogP contribution is 2.35. The largest absolute Gasteiger partial charge is 0.494 e. The summed E-state index contributed by atoms with van der Waals surface area (Å²) >= 11 is 0. The Bertz CT molecular complexity index is 1820. The molecule has 0 aliphatic carbocycles. The molecule has 3 heterocycles. The number of amidine groups is 2. The van der Waals surface area contributed by atoms with Crippen molar-refractivity contribution in [3.8, 4) is 11.5 Å². The first-order valence-corrected chi connectivity index (χ1v) is 21.7. The molecule has 2 aliphatic rings. The van der Waals surface area contributed by atoms with E-state index in [1.165, 1.54) is 7.11 Å². The highest BCUT2D eigenvalue weighted by Gasteiger charge is 2.39. The summed E-state index contributed by atoms with van der Waals surface area (Å²) in [5.74, 6) is 1.48. The average molecular weight is 844 g/mol. The number of hydrogen-bond acceptors (Lipinski definition) is 13. The van der Waals surface area contributed by atoms with E-state index in [-0.39, 0.29) is 29.6 Å². The highest BCUT2D eigenvalue weighted by molar-refractivity contribution is 6.10. The number of piperidine rings is 1. The topological polar surface area (TPSA) is 189 Å². The molecule has 15 heteroatoms. The number of unbranched alkanes of at least 4 members (excludes halogenated alkanes) is 5. The number of benzene rings is 2. The standard InChI is InChI=1S/C46H65N7O8/c1-53-23-19-46(20-24-53,45(48)51-43(47)35-16-21-49-22-17-35)52-37-12-10-11-36(33-37)44(55)50-40-18-28-61-41-15-14-38(34-39(40)41)60-27-9-4-3-7-25-57-29-31-59-32-30-58-26-8-5-6-13-42(54)56-2/h10-12,14-17,21-22,33-34,40,52H,3-9,13,18-20,23-32H2,1-2H3,(H,50,55)(H3,47,48,51)/t40-/m0/s1. The van der Waals surface area contributed by atoms with Crippen LogP contribution < -0.4 is 25.4 Å². The Morgan fingerprint density at radius 1 is 0.820 bits per heavy atom. The van der Waals surface area contributed by atoms with E-state index in [4.69, 9.17) is 34.5 Å². The van der Waals surface area contributed by atoms with Crippen molar-refractivity contribution in [1.82, 2.24) is 20.5 Å². The Morgan fingerprint density at radius 3 is 2.20 bits per heavy atom. The van der Waals surface area contributed by atoms with Crippen LogP contribution in [-0.4, -0.2) is 119 Å². The second-order valence-electron chi connectivity index (χ2n) is 15.6. The number of hydrogen-bond donors (Lipinski definition) is 5. The molecule has 0 bridgehead atoms. The van der Waals surface area contributed by atoms with Crippen molar-refractivity contribution in [3.63, 3.8) is 0 Å². The van der Waals surface area contributed by atoms with Crippen molar-refractivity contribution in [3.05, 3.63) is 83.7 Å². The number of methoxy groups -OCH3 is 1. The van der Waals surface area contributed by atoms with Crippen molar-refractivity contribution in [2.24, 2.45) is 0 Å². The number of nitrogens with one attached hydrogen (secondary N) is 5. The summed E-state index contributed by atoms with van der Waals surface area (Å²) < 4.78 is 33.6. The summed E-state index contributed by atoms with van der Waals surface area (Å²) in [6, 6.07) is 16.4. The van der Waals surface area contributed by atoms with Gasteiger partial charge in [0.2, 0.25) is 0 Å². The van der Waals surface area contributed by atoms with Gasteiger partial charge in [0.05, 0.1) is 58.3 Å². The van der Waals surface area contributed by atoms with Gasteiger partial charge >= 0.3 is 5.97 Å². The van der Waals surface area contributed by atoms with E-state index >= 15 is 0 Å². The Morgan fingerprint density at radius 2 is 1.49 bits per heavy atom. The summed E-state index contributed by atoms with van der Waals surface area (Å²) in [5, 5.41) is 27.5. The van der Waals surface area contributed by atoms with Gasteiger partial charge in [-0.25, -0.2) is 0 Å². The molecule has 5 rings (SSSR count). The van der Waals surface area contributed by atoms with E-state index in [0.29, 0.717) is 89.7 Å². The van der Waals surface area contributed by atoms with E-state index in [1.54, 1.807) is 30.6 Å². The lowest BCUT2D eigenvalue weighted by atomic mass is 9.85. The molecule has 332 valence electrons. The molecule has 2 aromatic carbocycles. The number of rotatable bonds is 26. The van der Waals surface area contributed by atoms with Crippen LogP contribution in [0.4, 0.5) is 5.69 Å². The zero-order valence-electron chi connectivity index (χ0n) is 35.9. The molecule has 1 fully saturated rings. The van der Waals surface area contributed by atoms with Gasteiger partial charge in [-0.1, -0.05) is 18.9 Å². The number of amides is 1. The lowest BCUT2D eigenvalue weighted by Crippen LogP contribution is -2.58. The molecule has 3 aromatic rings. The second kappa shape index (κ2) is 25.6. The number of pyridine rings is 1. The van der Waals surface area contributed by atoms with Crippen LogP contribution in [0.2, 0.25) is 0 Å². The molecule has 1 atom stereocenters. The fraction of sp³-hybridized carbons (Fsp3) is 0.543. The maximum Gasteiger partial charge on any atom is 0.305 e. The minimum atomic E-state index is -0.740. The summed E-state index contributed by atoms with van der Waals surface area (Å²) in [4.78, 5) is 31.1. The van der Waals surface area contributed by atoms with Gasteiger partial charge in [0.25, 0.3) is 5.91 Å². The van der Waals surface area contributed by atoms with Crippen LogP contribution >= 0.6 is 0 Å². The van der Waals surface area contributed by atoms with Crippen LogP contribution in [0, 0.1) is 10.8 Å². The maximum atomic E-state index is 13.8. The van der Waals surface area contributed by atoms with Gasteiger partial charge in [-0.2, -0.15) is 0 Å². The zero-order valence-corrected chi connectivity index (χ0v) is 35.9. The zero-order chi connectivity index (χ0) is 43.1. The number of likely N-dealkylation sites (tertiary alicyclic amines) is 1. The fourth-order valence-corrected chi connectivity index (χ4v) is 7.29. The van der Waals surface area contributed by atoms with Gasteiger partial charge in [0.1, 0.15) is 23.2 Å². The number of nitrogens with zero attached hydrogens (tertiary/aromatic N) is 2. The summed E-state index contributed by atoms with van der Waals surface area (Å²) in [6.45, 7) is 6.23. The van der Waals surface area contributed by atoms with Crippen molar-refractivity contribution >= 4 is 29.2 Å². The molecule has 0 spiro atoms. The van der Waals surface area contributed by atoms with Gasteiger partial charge in [-0.05, 0) is 101 Å². The third-order valence-electron chi connectivity index (χ3n) is 11.0. The van der Waals surface area contributed by atoms with Gasteiger partial charge in [0, 0.05) is 73.9 Å². The van der Waals surface area contributed by atoms with E-state index in [2.05, 4.69) is 37.6 Å². The molecule has 1 amide bonds. The number of carbonyl (C=O) groups excluding carboxylic acids is 2. The first-order valence-electron chi connectivity index (χ1n) is 21.7. The molecule has 61 heavy (non-hydrogen) atoms. The Balaban J connectivity index is 0.993. The second-order valence-corrected chi connectivity index (χ2v) is 15.6. The number of aromatic nitrogens is 1. The number of esters is 1. The molecule has 5 N–H and O–H groups in total. The van der Waals surface area contributed by atoms with E-state index in [0.717, 1.165) is 80.8 Å². The minimum Gasteiger partial charge on any atom is -0.494 e. The third kappa shape index (κ3) is 15.7. The molecule has 0 unspecified atom stereocenters. The minimum absolute atomic E-state index is 0.138. The highest BCUT2D eigenvalue weighted by atomic mass is 16.5. The molecular formula is C46H65N7O8. The summed E-state index contributed by atoms with van der Waals surface area (Å²) in [5.41, 5.74) is 2.05. The monoisotopic (exact) mass is 843 g/mol. The smallest absolute Gasteiger partial charge is 0.305 e. The van der Waals surface area contributed by atoms with Gasteiger partial charge in [0.15, 0.2) is 0 Å². The van der Waals surface area contributed by atoms with Gasteiger partial charge < -0.3 is 49.3 Å². The predicted molar refractivity (Wildman–Crippen MR) is 235 cm³/mol. The summed E-state index contributed by atoms with van der Waals surface area (Å²) in [6.07, 6.45) is 12.4. The Labute approximate surface area is 360 Å². The molecule has 1 aromatic heterocycles. The third-order valence-corrected chi connectivity index (χ3v) is 11.0. The summed E-state index contributed by atoms with van der Waals surface area (Å²) in [7, 11) is 3.48. The maximum absolute atomic E-state index is 13.8. The van der Waals surface area contributed by atoms with Crippen molar-refractivity contribution < 1.29 is 38.0 Å². The van der Waals surface area contributed by atoms with E-state index in [1.807, 2.05) is 36.4 Å². The first kappa shape index (κ1) is 47.0. The average Bonchev–Trinajstić information content (AvgIpc) is 3.28. The van der Waals surface area contributed by atoms with Gasteiger partial charge in [-0.3, -0.25) is 25.4 Å². The van der Waals surface area contributed by atoms with Crippen molar-refractivity contribution in [1.29, 1.82) is 10.8 Å². The van der Waals surface area contributed by atoms with Crippen LogP contribution in [0.3, 0.4) is 0 Å². The van der Waals surface area contributed by atoms with Gasteiger partial charge in [-0.15, -0.1) is 0 Å². The molecule has 0 saturated carbocycles. The van der Waals surface area contributed by atoms with Crippen LogP contribution in [0.25, 0.3) is 0 Å². The molecular weight excluding hydrogens is 779 g/mol. The SMILES string of the molecule is COC(=O)CCCCCOCCOCCOCCCCCCOc1ccc2c(c1)[C@@H](NC(=O)c1cccc(NC3(C(=N)NC(=N)c4ccncc4)CCN(C)CC3)c1)CCO2. The van der Waals surface area contributed by atoms with Crippen molar-refractivity contribution in [2.75, 3.05) is 85.4 Å². The van der Waals surface area contributed by atoms with Crippen LogP contribution in [0.5, 0.6) is 11.5 Å². The predicted octanol–water partition coefficient (Wildman–Crippen LogP) is 6.53. The van der Waals surface area contributed by atoms with E-state index < -0.39 is 5.54 Å². The Hall–Kier alpha value is -5.09. The van der Waals surface area contributed by atoms with E-state index in [9.17, 15) is 9.59 Å². The van der Waals surface area contributed by atoms with Crippen LogP contribution in [0.1, 0.15) is 98.2 Å². The first-order chi connectivity index (χ1) is 29.8. The number of ether oxygens (including phenoxy) is 6. The van der Waals surface area contributed by atoms with Crippen LogP contribution in [0.15, 0.2) is 67.0 Å². The normalized spacial score (nSPS) is 15.8. The quantitative estimate of drug-likeness (QED) is 0.0255. The lowest BCUT2D eigenvalue weighted by molar-refractivity contribution is -0.140. The van der Waals surface area contributed by atoms with Crippen LogP contribution in [-0.2, 0) is 23.7 Å². The fourth-order valence-electron chi connectivity index (χ4n) is 7.29. The Kier molecular flexibility index (Phi) is 19.7. The lowest BCUT2D eigenvalue weighted by Gasteiger charge is -2.42. The van der Waals surface area contributed by atoms with Crippen molar-refractivity contribution in [2.45, 2.75) is 82.2 Å². The molecule has 1 saturated heterocycles. The number of anilines is 1. The molecule has 2 aliphatic heterocycles. The molecule has 0 radical (unpaired) electrons.